The number of hydrogen-bond donors (Lipinski definition) is 3. The molecule has 0 aliphatic carbocycles. The van der Waals surface area contributed by atoms with Crippen molar-refractivity contribution in [2.24, 2.45) is 23.0 Å². The van der Waals surface area contributed by atoms with Gasteiger partial charge in [0, 0.05) is 24.9 Å². The number of likely N-dealkylation sites (N-methyl/N-ethyl adjacent to an activating group) is 1. The quantitative estimate of drug-likeness (QED) is 0.351. The molecule has 0 aromatic carbocycles. The molecule has 0 saturated carbocycles. The standard InChI is InChI=1S/C18H35N3O5.6CH4/c1-6-13(15(19)23)11-14(16(24)20-7-9-22)12-18(2,3)17(25)26-10-8-21(4)5;;;;;;/h13-14,22H,6-12H2,1-5H3,(H2,19,23)(H,20,24);6*1H4. The first-order valence-corrected chi connectivity index (χ1v) is 9.05. The third-order valence-corrected chi connectivity index (χ3v) is 4.33. The molecule has 8 nitrogen and oxygen atoms in total. The van der Waals surface area contributed by atoms with Gasteiger partial charge >= 0.3 is 5.97 Å². The van der Waals surface area contributed by atoms with E-state index >= 15 is 0 Å². The van der Waals surface area contributed by atoms with Crippen molar-refractivity contribution in [1.29, 1.82) is 0 Å². The monoisotopic (exact) mass is 469 g/mol. The highest BCUT2D eigenvalue weighted by molar-refractivity contribution is 5.82. The number of primary amides is 1. The van der Waals surface area contributed by atoms with E-state index in [1.54, 1.807) is 13.8 Å². The molecule has 0 rings (SSSR count). The van der Waals surface area contributed by atoms with E-state index < -0.39 is 23.2 Å². The molecule has 2 amide bonds. The van der Waals surface area contributed by atoms with Crippen LogP contribution in [0.4, 0.5) is 0 Å². The number of nitrogens with one attached hydrogen (secondary N) is 1. The minimum atomic E-state index is -0.885. The van der Waals surface area contributed by atoms with Crippen LogP contribution in [0.15, 0.2) is 0 Å². The van der Waals surface area contributed by atoms with Crippen molar-refractivity contribution in [2.75, 3.05) is 40.4 Å². The van der Waals surface area contributed by atoms with Gasteiger partial charge < -0.3 is 25.8 Å². The van der Waals surface area contributed by atoms with Gasteiger partial charge in [0.2, 0.25) is 11.8 Å². The summed E-state index contributed by atoms with van der Waals surface area (Å²) in [6.45, 7) is 6.11. The Bertz CT molecular complexity index is 469. The van der Waals surface area contributed by atoms with E-state index in [1.165, 1.54) is 0 Å². The third kappa shape index (κ3) is 19.0. The zero-order valence-electron chi connectivity index (χ0n) is 16.7. The zero-order chi connectivity index (χ0) is 20.3. The predicted octanol–water partition coefficient (Wildman–Crippen LogP) is 3.95. The molecule has 8 heteroatoms. The molecule has 0 bridgehead atoms. The number of aliphatic hydroxyl groups is 1. The summed E-state index contributed by atoms with van der Waals surface area (Å²) >= 11 is 0. The maximum Gasteiger partial charge on any atom is 0.311 e. The van der Waals surface area contributed by atoms with Crippen molar-refractivity contribution in [3.8, 4) is 0 Å². The number of carbonyl (C=O) groups excluding carboxylic acids is 3. The smallest absolute Gasteiger partial charge is 0.311 e. The van der Waals surface area contributed by atoms with Gasteiger partial charge in [0.25, 0.3) is 0 Å². The van der Waals surface area contributed by atoms with E-state index in [9.17, 15) is 14.4 Å². The van der Waals surface area contributed by atoms with Crippen molar-refractivity contribution in [2.45, 2.75) is 84.6 Å². The highest BCUT2D eigenvalue weighted by atomic mass is 16.5. The second-order valence-corrected chi connectivity index (χ2v) is 7.48. The van der Waals surface area contributed by atoms with Crippen LogP contribution < -0.4 is 11.1 Å². The molecule has 2 unspecified atom stereocenters. The summed E-state index contributed by atoms with van der Waals surface area (Å²) in [5.41, 5.74) is 4.52. The average molecular weight is 470 g/mol. The molecule has 0 heterocycles. The molecule has 4 N–H and O–H groups in total. The Hall–Kier alpha value is -1.67. The molecule has 0 saturated heterocycles. The Morgan fingerprint density at radius 2 is 1.53 bits per heavy atom. The zero-order valence-corrected chi connectivity index (χ0v) is 16.7. The highest BCUT2D eigenvalue weighted by Gasteiger charge is 2.36. The van der Waals surface area contributed by atoms with Crippen molar-refractivity contribution in [3.05, 3.63) is 0 Å². The lowest BCUT2D eigenvalue weighted by Gasteiger charge is -2.29. The first kappa shape index (κ1) is 47.9. The highest BCUT2D eigenvalue weighted by Crippen LogP contribution is 2.31. The number of nitrogens with two attached hydrogens (primary N) is 1. The third-order valence-electron chi connectivity index (χ3n) is 4.33. The van der Waals surface area contributed by atoms with Gasteiger partial charge in [-0.25, -0.2) is 0 Å². The van der Waals surface area contributed by atoms with E-state index in [0.717, 1.165) is 0 Å². The normalized spacial score (nSPS) is 11.3. The van der Waals surface area contributed by atoms with Crippen LogP contribution in [0.3, 0.4) is 0 Å². The Morgan fingerprint density at radius 1 is 1.03 bits per heavy atom. The molecule has 0 aromatic rings. The number of amides is 2. The van der Waals surface area contributed by atoms with Crippen LogP contribution in [-0.2, 0) is 19.1 Å². The Morgan fingerprint density at radius 3 is 1.91 bits per heavy atom. The summed E-state index contributed by atoms with van der Waals surface area (Å²) in [5, 5.41) is 11.5. The van der Waals surface area contributed by atoms with E-state index in [-0.39, 0.29) is 89.0 Å². The van der Waals surface area contributed by atoms with Gasteiger partial charge in [-0.15, -0.1) is 0 Å². The summed E-state index contributed by atoms with van der Waals surface area (Å²) in [6, 6.07) is 0. The van der Waals surface area contributed by atoms with Crippen LogP contribution in [0.5, 0.6) is 0 Å². The van der Waals surface area contributed by atoms with Crippen LogP contribution in [0.1, 0.15) is 84.6 Å². The average Bonchev–Trinajstić information content (AvgIpc) is 2.55. The van der Waals surface area contributed by atoms with Crippen LogP contribution in [-0.4, -0.2) is 68.2 Å². The van der Waals surface area contributed by atoms with Crippen LogP contribution in [0.2, 0.25) is 0 Å². The SMILES string of the molecule is C.C.C.C.C.C.CCC(CC(CC(C)(C)C(=O)OCCN(C)C)C(=O)NCCO)C(N)=O. The number of nitrogens with zero attached hydrogens (tertiary/aromatic N) is 1. The number of rotatable bonds is 13. The van der Waals surface area contributed by atoms with E-state index in [4.69, 9.17) is 15.6 Å². The first-order valence-electron chi connectivity index (χ1n) is 9.05. The fourth-order valence-corrected chi connectivity index (χ4v) is 2.65. The summed E-state index contributed by atoms with van der Waals surface area (Å²) in [5.74, 6) is -2.16. The molecule has 0 aliphatic heterocycles. The number of aliphatic hydroxyl groups excluding tert-OH is 1. The van der Waals surface area contributed by atoms with Gasteiger partial charge in [0.15, 0.2) is 0 Å². The van der Waals surface area contributed by atoms with Crippen LogP contribution in [0, 0.1) is 17.3 Å². The van der Waals surface area contributed by atoms with Gasteiger partial charge in [-0.1, -0.05) is 51.5 Å². The van der Waals surface area contributed by atoms with Gasteiger partial charge in [-0.3, -0.25) is 14.4 Å². The summed E-state index contributed by atoms with van der Waals surface area (Å²) in [6.07, 6.45) is 1.01. The van der Waals surface area contributed by atoms with Crippen LogP contribution >= 0.6 is 0 Å². The lowest BCUT2D eigenvalue weighted by Crippen LogP contribution is -2.40. The fourth-order valence-electron chi connectivity index (χ4n) is 2.65. The van der Waals surface area contributed by atoms with Gasteiger partial charge in [-0.2, -0.15) is 0 Å². The summed E-state index contributed by atoms with van der Waals surface area (Å²) in [4.78, 5) is 38.3. The van der Waals surface area contributed by atoms with Crippen molar-refractivity contribution >= 4 is 17.8 Å². The topological polar surface area (TPSA) is 122 Å². The maximum absolute atomic E-state index is 12.4. The van der Waals surface area contributed by atoms with Crippen molar-refractivity contribution in [1.82, 2.24) is 10.2 Å². The number of hydrogen-bond acceptors (Lipinski definition) is 6. The van der Waals surface area contributed by atoms with Gasteiger partial charge in [0.1, 0.15) is 6.61 Å². The van der Waals surface area contributed by atoms with Gasteiger partial charge in [-0.05, 0) is 47.2 Å². The lowest BCUT2D eigenvalue weighted by atomic mass is 9.78. The Kier molecular flexibility index (Phi) is 35.9. The molecule has 0 radical (unpaired) electrons. The molecule has 0 spiro atoms. The molecule has 0 aliphatic rings. The molecule has 200 valence electrons. The molecule has 0 aromatic heterocycles. The Labute approximate surface area is 200 Å². The summed E-state index contributed by atoms with van der Waals surface area (Å²) < 4.78 is 5.31. The number of carbonyl (C=O) groups is 3. The van der Waals surface area contributed by atoms with Gasteiger partial charge in [0.05, 0.1) is 12.0 Å². The summed E-state index contributed by atoms with van der Waals surface area (Å²) in [7, 11) is 3.77. The number of esters is 1. The molecule has 0 fully saturated rings. The Balaban J connectivity index is -0.000000208. The van der Waals surface area contributed by atoms with Crippen molar-refractivity contribution in [3.63, 3.8) is 0 Å². The van der Waals surface area contributed by atoms with Crippen LogP contribution in [0.25, 0.3) is 0 Å². The maximum atomic E-state index is 12.4. The minimum Gasteiger partial charge on any atom is -0.464 e. The largest absolute Gasteiger partial charge is 0.464 e. The molecular weight excluding hydrogens is 410 g/mol. The number of ether oxygens (including phenoxy) is 1. The van der Waals surface area contributed by atoms with E-state index in [2.05, 4.69) is 5.32 Å². The molecule has 2 atom stereocenters. The fraction of sp³-hybridized carbons (Fsp3) is 0.875. The second-order valence-electron chi connectivity index (χ2n) is 7.48. The predicted molar refractivity (Wildman–Crippen MR) is 139 cm³/mol. The minimum absolute atomic E-state index is 0. The van der Waals surface area contributed by atoms with Crippen molar-refractivity contribution < 1.29 is 24.2 Å². The first-order chi connectivity index (χ1) is 12.0. The molecular formula is C24H59N3O5. The second kappa shape index (κ2) is 24.0. The molecule has 32 heavy (non-hydrogen) atoms. The van der Waals surface area contributed by atoms with E-state index in [0.29, 0.717) is 13.0 Å². The van der Waals surface area contributed by atoms with E-state index in [1.807, 2.05) is 25.9 Å². The lowest BCUT2D eigenvalue weighted by molar-refractivity contribution is -0.155.